The number of amides is 1. The van der Waals surface area contributed by atoms with Gasteiger partial charge in [0.15, 0.2) is 0 Å². The van der Waals surface area contributed by atoms with Crippen LogP contribution >= 0.6 is 34.8 Å². The number of ether oxygens (including phenoxy) is 1. The fourth-order valence-electron chi connectivity index (χ4n) is 2.58. The summed E-state index contributed by atoms with van der Waals surface area (Å²) in [7, 11) is 0. The zero-order valence-corrected chi connectivity index (χ0v) is 14.0. The molecular weight excluding hydrogens is 351 g/mol. The summed E-state index contributed by atoms with van der Waals surface area (Å²) in [5.41, 5.74) is 0.827. The van der Waals surface area contributed by atoms with Crippen LogP contribution in [0.25, 0.3) is 0 Å². The van der Waals surface area contributed by atoms with Crippen molar-refractivity contribution in [3.05, 3.63) is 30.1 Å². The molecule has 1 aromatic rings. The van der Waals surface area contributed by atoms with Crippen molar-refractivity contribution in [2.45, 2.75) is 41.1 Å². The molecular formula is C14H17Cl3N2O3. The van der Waals surface area contributed by atoms with Crippen molar-refractivity contribution in [2.75, 3.05) is 6.61 Å². The second-order valence-electron chi connectivity index (χ2n) is 5.27. The summed E-state index contributed by atoms with van der Waals surface area (Å²) in [6, 6.07) is 5.40. The number of alkyl halides is 3. The van der Waals surface area contributed by atoms with Crippen molar-refractivity contribution in [1.29, 1.82) is 0 Å². The van der Waals surface area contributed by atoms with E-state index in [0.29, 0.717) is 19.3 Å². The maximum absolute atomic E-state index is 11.8. The predicted molar refractivity (Wildman–Crippen MR) is 85.4 cm³/mol. The lowest BCUT2D eigenvalue weighted by Crippen LogP contribution is -2.44. The lowest BCUT2D eigenvalue weighted by molar-refractivity contribution is 0.0946. The van der Waals surface area contributed by atoms with Crippen LogP contribution in [0.5, 0.6) is 0 Å². The van der Waals surface area contributed by atoms with E-state index in [9.17, 15) is 9.90 Å². The maximum atomic E-state index is 11.8. The van der Waals surface area contributed by atoms with E-state index >= 15 is 0 Å². The Hall–Kier alpha value is -0.750. The summed E-state index contributed by atoms with van der Waals surface area (Å²) in [5, 5.41) is 12.7. The number of nitrogens with zero attached hydrogens (tertiary/aromatic N) is 1. The number of halogens is 3. The predicted octanol–water partition coefficient (Wildman–Crippen LogP) is 3.18. The maximum Gasteiger partial charge on any atom is 0.407 e. The van der Waals surface area contributed by atoms with Crippen LogP contribution < -0.4 is 5.32 Å². The van der Waals surface area contributed by atoms with Crippen molar-refractivity contribution >= 4 is 40.9 Å². The minimum absolute atomic E-state index is 0.0785. The molecule has 2 rings (SSSR count). The number of rotatable bonds is 3. The molecule has 1 heterocycles. The third-order valence-corrected chi connectivity index (χ3v) is 3.89. The molecule has 122 valence electrons. The van der Waals surface area contributed by atoms with Crippen LogP contribution in [0.15, 0.2) is 24.4 Å². The summed E-state index contributed by atoms with van der Waals surface area (Å²) in [4.78, 5) is 16.1. The van der Waals surface area contributed by atoms with Crippen LogP contribution in [0.1, 0.15) is 30.9 Å². The molecule has 1 saturated carbocycles. The number of hydrogen-bond acceptors (Lipinski definition) is 4. The van der Waals surface area contributed by atoms with E-state index in [1.54, 1.807) is 6.20 Å². The number of hydrogen-bond donors (Lipinski definition) is 2. The van der Waals surface area contributed by atoms with Gasteiger partial charge in [-0.2, -0.15) is 0 Å². The molecule has 0 bridgehead atoms. The molecule has 2 N–H and O–H groups in total. The Morgan fingerprint density at radius 3 is 2.82 bits per heavy atom. The van der Waals surface area contributed by atoms with Gasteiger partial charge in [-0.25, -0.2) is 4.79 Å². The quantitative estimate of drug-likeness (QED) is 0.805. The topological polar surface area (TPSA) is 71.5 Å². The Morgan fingerprint density at radius 1 is 1.41 bits per heavy atom. The molecule has 1 aliphatic rings. The highest BCUT2D eigenvalue weighted by atomic mass is 35.6. The lowest BCUT2D eigenvalue weighted by Gasteiger charge is -2.34. The van der Waals surface area contributed by atoms with E-state index in [0.717, 1.165) is 5.69 Å². The van der Waals surface area contributed by atoms with E-state index < -0.39 is 16.0 Å². The fraction of sp³-hybridized carbons (Fsp3) is 0.571. The standard InChI is InChI=1S/C14H17Cl3N2O3/c15-14(16,17)8-22-13(21)19-12-5-4-9(20)7-10(12)11-3-1-2-6-18-11/h1-3,6,9-10,12,20H,4-5,7-8H2,(H,19,21). The van der Waals surface area contributed by atoms with Crippen LogP contribution in [0, 0.1) is 0 Å². The van der Waals surface area contributed by atoms with Gasteiger partial charge in [0.05, 0.1) is 6.10 Å². The van der Waals surface area contributed by atoms with Crippen LogP contribution in [-0.2, 0) is 4.74 Å². The monoisotopic (exact) mass is 366 g/mol. The number of carbonyl (C=O) groups excluding carboxylic acids is 1. The van der Waals surface area contributed by atoms with Crippen molar-refractivity contribution in [1.82, 2.24) is 10.3 Å². The largest absolute Gasteiger partial charge is 0.445 e. The van der Waals surface area contributed by atoms with Gasteiger partial charge < -0.3 is 15.2 Å². The Balaban J connectivity index is 1.99. The highest BCUT2D eigenvalue weighted by molar-refractivity contribution is 6.67. The Kier molecular flexibility index (Phi) is 6.15. The molecule has 1 aromatic heterocycles. The second-order valence-corrected chi connectivity index (χ2v) is 7.79. The molecule has 0 saturated heterocycles. The zero-order valence-electron chi connectivity index (χ0n) is 11.7. The zero-order chi connectivity index (χ0) is 16.2. The summed E-state index contributed by atoms with van der Waals surface area (Å²) in [6.45, 7) is -0.326. The van der Waals surface area contributed by atoms with Gasteiger partial charge in [-0.1, -0.05) is 40.9 Å². The van der Waals surface area contributed by atoms with Gasteiger partial charge in [0.1, 0.15) is 6.61 Å². The Morgan fingerprint density at radius 2 is 2.18 bits per heavy atom. The fourth-order valence-corrected chi connectivity index (χ4v) is 2.75. The summed E-state index contributed by atoms with van der Waals surface area (Å²) in [6.07, 6.45) is 2.42. The molecule has 0 aliphatic heterocycles. The number of aromatic nitrogens is 1. The second kappa shape index (κ2) is 7.68. The molecule has 0 spiro atoms. The van der Waals surface area contributed by atoms with Gasteiger partial charge in [-0.3, -0.25) is 4.98 Å². The van der Waals surface area contributed by atoms with Crippen molar-refractivity contribution in [3.8, 4) is 0 Å². The Bertz CT molecular complexity index is 496. The van der Waals surface area contributed by atoms with E-state index in [1.807, 2.05) is 18.2 Å². The number of pyridine rings is 1. The molecule has 3 atom stereocenters. The van der Waals surface area contributed by atoms with Crippen LogP contribution in [0.3, 0.4) is 0 Å². The molecule has 0 aromatic carbocycles. The van der Waals surface area contributed by atoms with Crippen molar-refractivity contribution in [2.24, 2.45) is 0 Å². The molecule has 5 nitrogen and oxygen atoms in total. The summed E-state index contributed by atoms with van der Waals surface area (Å²) in [5.74, 6) is -0.0785. The van der Waals surface area contributed by atoms with E-state index in [2.05, 4.69) is 10.3 Å². The first-order valence-electron chi connectivity index (χ1n) is 6.94. The molecule has 8 heteroatoms. The molecule has 0 radical (unpaired) electrons. The normalized spacial score (nSPS) is 25.5. The van der Waals surface area contributed by atoms with Crippen LogP contribution in [-0.4, -0.2) is 38.7 Å². The first kappa shape index (κ1) is 17.6. The van der Waals surface area contributed by atoms with Crippen LogP contribution in [0.4, 0.5) is 4.79 Å². The van der Waals surface area contributed by atoms with Gasteiger partial charge in [0.2, 0.25) is 3.79 Å². The number of nitrogens with one attached hydrogen (secondary N) is 1. The van der Waals surface area contributed by atoms with E-state index in [-0.39, 0.29) is 18.6 Å². The highest BCUT2D eigenvalue weighted by Gasteiger charge is 2.33. The Labute approximate surface area is 143 Å². The first-order chi connectivity index (χ1) is 10.3. The van der Waals surface area contributed by atoms with E-state index in [1.165, 1.54) is 0 Å². The van der Waals surface area contributed by atoms with Gasteiger partial charge >= 0.3 is 6.09 Å². The minimum atomic E-state index is -1.64. The SMILES string of the molecule is O=C(NC1CCC(O)CC1c1ccccn1)OCC(Cl)(Cl)Cl. The number of alkyl carbamates (subject to hydrolysis) is 1. The molecule has 1 fully saturated rings. The molecule has 1 amide bonds. The highest BCUT2D eigenvalue weighted by Crippen LogP contribution is 2.32. The minimum Gasteiger partial charge on any atom is -0.445 e. The smallest absolute Gasteiger partial charge is 0.407 e. The van der Waals surface area contributed by atoms with Gasteiger partial charge in [0, 0.05) is 23.9 Å². The number of aliphatic hydroxyl groups excluding tert-OH is 1. The lowest BCUT2D eigenvalue weighted by atomic mass is 9.80. The van der Waals surface area contributed by atoms with E-state index in [4.69, 9.17) is 39.5 Å². The van der Waals surface area contributed by atoms with Crippen LogP contribution in [0.2, 0.25) is 0 Å². The molecule has 3 unspecified atom stereocenters. The summed E-state index contributed by atoms with van der Waals surface area (Å²) < 4.78 is 3.25. The third-order valence-electron chi connectivity index (χ3n) is 3.56. The van der Waals surface area contributed by atoms with Crippen molar-refractivity contribution in [3.63, 3.8) is 0 Å². The average Bonchev–Trinajstić information content (AvgIpc) is 2.47. The molecule has 1 aliphatic carbocycles. The van der Waals surface area contributed by atoms with Gasteiger partial charge in [0.25, 0.3) is 0 Å². The summed E-state index contributed by atoms with van der Waals surface area (Å²) >= 11 is 16.6. The third kappa shape index (κ3) is 5.47. The van der Waals surface area contributed by atoms with Gasteiger partial charge in [-0.15, -0.1) is 0 Å². The van der Waals surface area contributed by atoms with Crippen molar-refractivity contribution < 1.29 is 14.6 Å². The average molecular weight is 368 g/mol. The number of carbonyl (C=O) groups is 1. The molecule has 22 heavy (non-hydrogen) atoms. The number of aliphatic hydroxyl groups is 1. The first-order valence-corrected chi connectivity index (χ1v) is 8.07. The van der Waals surface area contributed by atoms with Gasteiger partial charge in [-0.05, 0) is 31.4 Å².